The fourth-order valence-corrected chi connectivity index (χ4v) is 2.85. The average Bonchev–Trinajstić information content (AvgIpc) is 2.85. The van der Waals surface area contributed by atoms with Crippen molar-refractivity contribution in [1.29, 1.82) is 0 Å². The second-order valence-corrected chi connectivity index (χ2v) is 6.47. The topological polar surface area (TPSA) is 48.0 Å². The van der Waals surface area contributed by atoms with Gasteiger partial charge in [-0.2, -0.15) is 0 Å². The molecule has 0 unspecified atom stereocenters. The normalized spacial score (nSPS) is 14.7. The molecule has 1 aromatic rings. The van der Waals surface area contributed by atoms with Crippen LogP contribution in [0.15, 0.2) is 16.9 Å². The molecule has 1 aromatic heterocycles. The summed E-state index contributed by atoms with van der Waals surface area (Å²) in [6.07, 6.45) is 6.74. The summed E-state index contributed by atoms with van der Waals surface area (Å²) < 4.78 is 2.00. The number of rotatable bonds is 6. The van der Waals surface area contributed by atoms with E-state index in [4.69, 9.17) is 5.73 Å². The van der Waals surface area contributed by atoms with Crippen LogP contribution in [0, 0.1) is 5.41 Å². The molecule has 0 spiro atoms. The molecule has 1 aliphatic rings. The summed E-state index contributed by atoms with van der Waals surface area (Å²) in [6, 6.07) is 3.74. The van der Waals surface area contributed by atoms with E-state index >= 15 is 0 Å². The van der Waals surface area contributed by atoms with E-state index in [0.717, 1.165) is 45.2 Å². The second kappa shape index (κ2) is 5.91. The molecule has 0 aromatic carbocycles. The maximum Gasteiger partial charge on any atom is 0.250 e. The zero-order valence-electron chi connectivity index (χ0n) is 12.2. The summed E-state index contributed by atoms with van der Waals surface area (Å²) in [6.45, 7) is 6.01. The molecule has 0 saturated heterocycles. The number of pyridine rings is 1. The van der Waals surface area contributed by atoms with Crippen LogP contribution in [0.1, 0.15) is 50.8 Å². The van der Waals surface area contributed by atoms with Gasteiger partial charge in [0.05, 0.1) is 0 Å². The van der Waals surface area contributed by atoms with Gasteiger partial charge < -0.3 is 10.3 Å². The van der Waals surface area contributed by atoms with Crippen LogP contribution in [-0.2, 0) is 19.4 Å². The third-order valence-corrected chi connectivity index (χ3v) is 4.29. The van der Waals surface area contributed by atoms with Gasteiger partial charge in [-0.15, -0.1) is 0 Å². The molecular formula is C16H26N2O. The molecule has 0 atom stereocenters. The Morgan fingerprint density at radius 3 is 2.79 bits per heavy atom. The number of nitrogens with two attached hydrogens (primary N) is 1. The summed E-state index contributed by atoms with van der Waals surface area (Å²) in [7, 11) is 0. The predicted molar refractivity (Wildman–Crippen MR) is 79.4 cm³/mol. The van der Waals surface area contributed by atoms with Crippen LogP contribution in [0.2, 0.25) is 0 Å². The highest BCUT2D eigenvalue weighted by Crippen LogP contribution is 2.23. The van der Waals surface area contributed by atoms with Gasteiger partial charge in [0, 0.05) is 18.3 Å². The van der Waals surface area contributed by atoms with Gasteiger partial charge in [-0.05, 0) is 49.6 Å². The van der Waals surface area contributed by atoms with Gasteiger partial charge in [0.1, 0.15) is 0 Å². The first-order chi connectivity index (χ1) is 9.03. The molecule has 2 rings (SSSR count). The van der Waals surface area contributed by atoms with Crippen molar-refractivity contribution in [2.45, 2.75) is 58.9 Å². The zero-order valence-corrected chi connectivity index (χ0v) is 12.2. The lowest BCUT2D eigenvalue weighted by Crippen LogP contribution is -2.25. The molecule has 19 heavy (non-hydrogen) atoms. The Bertz CT molecular complexity index is 488. The maximum absolute atomic E-state index is 12.0. The molecule has 3 heteroatoms. The number of hydrogen-bond acceptors (Lipinski definition) is 2. The van der Waals surface area contributed by atoms with Crippen LogP contribution in [-0.4, -0.2) is 11.1 Å². The van der Waals surface area contributed by atoms with Crippen molar-refractivity contribution in [2.75, 3.05) is 6.54 Å². The summed E-state index contributed by atoms with van der Waals surface area (Å²) in [5.74, 6) is 0. The molecule has 3 nitrogen and oxygen atoms in total. The van der Waals surface area contributed by atoms with Gasteiger partial charge in [-0.3, -0.25) is 4.79 Å². The van der Waals surface area contributed by atoms with Crippen molar-refractivity contribution in [3.63, 3.8) is 0 Å². The number of aryl methyl sites for hydroxylation is 1. The van der Waals surface area contributed by atoms with Gasteiger partial charge >= 0.3 is 0 Å². The number of unbranched alkanes of at least 4 members (excludes halogenated alkanes) is 1. The van der Waals surface area contributed by atoms with Gasteiger partial charge in [0.2, 0.25) is 0 Å². The van der Waals surface area contributed by atoms with E-state index in [1.54, 1.807) is 6.07 Å². The van der Waals surface area contributed by atoms with Crippen LogP contribution in [0.3, 0.4) is 0 Å². The molecule has 0 radical (unpaired) electrons. The van der Waals surface area contributed by atoms with E-state index in [9.17, 15) is 4.79 Å². The fraction of sp³-hybridized carbons (Fsp3) is 0.688. The molecular weight excluding hydrogens is 236 g/mol. The van der Waals surface area contributed by atoms with Crippen LogP contribution >= 0.6 is 0 Å². The molecule has 0 fully saturated rings. The highest BCUT2D eigenvalue weighted by molar-refractivity contribution is 5.25. The Labute approximate surface area is 115 Å². The molecule has 0 bridgehead atoms. The molecule has 0 amide bonds. The van der Waals surface area contributed by atoms with E-state index in [1.165, 1.54) is 17.7 Å². The third-order valence-electron chi connectivity index (χ3n) is 4.29. The minimum atomic E-state index is 0.165. The standard InChI is InChI=1S/C16H26N2O/c1-16(2,12-17)10-3-4-11-18-14-7-5-6-13(14)8-9-15(18)19/h8-9H,3-7,10-12,17H2,1-2H3. The Morgan fingerprint density at radius 1 is 1.26 bits per heavy atom. The molecule has 1 aliphatic carbocycles. The molecule has 0 saturated carbocycles. The summed E-state index contributed by atoms with van der Waals surface area (Å²) in [4.78, 5) is 12.0. The number of fused-ring (bicyclic) bond motifs is 1. The fourth-order valence-electron chi connectivity index (χ4n) is 2.85. The van der Waals surface area contributed by atoms with Crippen molar-refractivity contribution in [1.82, 2.24) is 4.57 Å². The monoisotopic (exact) mass is 262 g/mol. The molecule has 0 aliphatic heterocycles. The summed E-state index contributed by atoms with van der Waals surface area (Å²) in [5.41, 5.74) is 8.79. The molecule has 2 N–H and O–H groups in total. The van der Waals surface area contributed by atoms with Crippen molar-refractivity contribution < 1.29 is 0 Å². The second-order valence-electron chi connectivity index (χ2n) is 6.47. The Kier molecular flexibility index (Phi) is 4.46. The van der Waals surface area contributed by atoms with Crippen LogP contribution in [0.4, 0.5) is 0 Å². The van der Waals surface area contributed by atoms with Crippen LogP contribution in [0.5, 0.6) is 0 Å². The molecule has 106 valence electrons. The SMILES string of the molecule is CC(C)(CN)CCCCn1c2c(ccc1=O)CCC2. The Morgan fingerprint density at radius 2 is 2.05 bits per heavy atom. The van der Waals surface area contributed by atoms with E-state index in [2.05, 4.69) is 13.8 Å². The first kappa shape index (κ1) is 14.3. The van der Waals surface area contributed by atoms with E-state index in [-0.39, 0.29) is 11.0 Å². The highest BCUT2D eigenvalue weighted by Gasteiger charge is 2.17. The van der Waals surface area contributed by atoms with Gasteiger partial charge in [-0.25, -0.2) is 0 Å². The lowest BCUT2D eigenvalue weighted by molar-refractivity contribution is 0.328. The summed E-state index contributed by atoms with van der Waals surface area (Å²) >= 11 is 0. The van der Waals surface area contributed by atoms with E-state index < -0.39 is 0 Å². The zero-order chi connectivity index (χ0) is 13.9. The van der Waals surface area contributed by atoms with E-state index in [0.29, 0.717) is 0 Å². The highest BCUT2D eigenvalue weighted by atomic mass is 16.1. The van der Waals surface area contributed by atoms with Gasteiger partial charge in [-0.1, -0.05) is 26.3 Å². The third kappa shape index (κ3) is 3.47. The first-order valence-electron chi connectivity index (χ1n) is 7.45. The minimum Gasteiger partial charge on any atom is -0.330 e. The van der Waals surface area contributed by atoms with Crippen molar-refractivity contribution in [3.8, 4) is 0 Å². The van der Waals surface area contributed by atoms with Crippen molar-refractivity contribution in [2.24, 2.45) is 11.1 Å². The number of hydrogen-bond donors (Lipinski definition) is 1. The smallest absolute Gasteiger partial charge is 0.250 e. The van der Waals surface area contributed by atoms with E-state index in [1.807, 2.05) is 10.6 Å². The quantitative estimate of drug-likeness (QED) is 0.801. The van der Waals surface area contributed by atoms with Crippen molar-refractivity contribution >= 4 is 0 Å². The number of aromatic nitrogens is 1. The first-order valence-corrected chi connectivity index (χ1v) is 7.45. The van der Waals surface area contributed by atoms with Gasteiger partial charge in [0.15, 0.2) is 0 Å². The largest absolute Gasteiger partial charge is 0.330 e. The Balaban J connectivity index is 1.94. The van der Waals surface area contributed by atoms with Crippen LogP contribution in [0.25, 0.3) is 0 Å². The maximum atomic E-state index is 12.0. The predicted octanol–water partition coefficient (Wildman–Crippen LogP) is 2.49. The van der Waals surface area contributed by atoms with Crippen LogP contribution < -0.4 is 11.3 Å². The van der Waals surface area contributed by atoms with Crippen molar-refractivity contribution in [3.05, 3.63) is 33.7 Å². The lowest BCUT2D eigenvalue weighted by Gasteiger charge is -2.22. The average molecular weight is 262 g/mol. The number of nitrogens with zero attached hydrogens (tertiary/aromatic N) is 1. The Hall–Kier alpha value is -1.09. The summed E-state index contributed by atoms with van der Waals surface area (Å²) in [5, 5.41) is 0. The van der Waals surface area contributed by atoms with Gasteiger partial charge in [0.25, 0.3) is 5.56 Å². The molecule has 1 heterocycles. The lowest BCUT2D eigenvalue weighted by atomic mass is 9.87. The minimum absolute atomic E-state index is 0.165.